The minimum atomic E-state index is 0.618. The summed E-state index contributed by atoms with van der Waals surface area (Å²) in [6, 6.07) is 1.82. The maximum absolute atomic E-state index is 5.80. The van der Waals surface area contributed by atoms with Crippen LogP contribution in [0.5, 0.6) is 0 Å². The lowest BCUT2D eigenvalue weighted by molar-refractivity contribution is 1.23. The van der Waals surface area contributed by atoms with E-state index in [1.807, 2.05) is 12.1 Å². The predicted molar refractivity (Wildman–Crippen MR) is 66.2 cm³/mol. The summed E-state index contributed by atoms with van der Waals surface area (Å²) >= 11 is 5.80. The maximum atomic E-state index is 5.80. The van der Waals surface area contributed by atoms with Gasteiger partial charge >= 0.3 is 0 Å². The molecule has 0 saturated heterocycles. The zero-order valence-electron chi connectivity index (χ0n) is 8.41. The average Bonchev–Trinajstić information content (AvgIpc) is 2.24. The highest BCUT2D eigenvalue weighted by atomic mass is 35.5. The monoisotopic (exact) mass is 220 g/mol. The van der Waals surface area contributed by atoms with E-state index in [1.54, 1.807) is 24.5 Å². The number of nitrogens with one attached hydrogen (secondary N) is 1. The quantitative estimate of drug-likeness (QED) is 0.769. The Morgan fingerprint density at radius 2 is 2.27 bits per heavy atom. The number of aromatic nitrogens is 1. The summed E-state index contributed by atoms with van der Waals surface area (Å²) < 4.78 is 0. The summed E-state index contributed by atoms with van der Waals surface area (Å²) in [5.74, 6) is 0. The second-order valence-corrected chi connectivity index (χ2v) is 3.36. The number of allylic oxidation sites excluding steroid dienone is 2. The van der Waals surface area contributed by atoms with E-state index < -0.39 is 0 Å². The van der Waals surface area contributed by atoms with E-state index in [4.69, 9.17) is 11.6 Å². The Hall–Kier alpha value is -1.54. The van der Waals surface area contributed by atoms with E-state index in [9.17, 15) is 0 Å². The second kappa shape index (κ2) is 6.04. The van der Waals surface area contributed by atoms with Gasteiger partial charge in [0.05, 0.1) is 16.9 Å². The molecule has 0 aliphatic carbocycles. The van der Waals surface area contributed by atoms with Crippen molar-refractivity contribution >= 4 is 17.3 Å². The molecule has 15 heavy (non-hydrogen) atoms. The Balaban J connectivity index is 2.60. The van der Waals surface area contributed by atoms with Gasteiger partial charge in [-0.25, -0.2) is 0 Å². The van der Waals surface area contributed by atoms with Gasteiger partial charge in [0, 0.05) is 12.7 Å². The van der Waals surface area contributed by atoms with Crippen LogP contribution in [0.3, 0.4) is 0 Å². The van der Waals surface area contributed by atoms with Crippen LogP contribution in [0, 0.1) is 0 Å². The molecule has 0 bridgehead atoms. The first-order valence-electron chi connectivity index (χ1n) is 4.54. The van der Waals surface area contributed by atoms with Gasteiger partial charge < -0.3 is 5.32 Å². The third-order valence-corrected chi connectivity index (χ3v) is 2.00. The van der Waals surface area contributed by atoms with E-state index in [0.29, 0.717) is 11.6 Å². The average molecular weight is 221 g/mol. The normalized spacial score (nSPS) is 10.9. The van der Waals surface area contributed by atoms with Gasteiger partial charge in [0.2, 0.25) is 0 Å². The topological polar surface area (TPSA) is 24.9 Å². The lowest BCUT2D eigenvalue weighted by Crippen LogP contribution is -2.03. The molecule has 3 heteroatoms. The molecule has 1 aromatic rings. The molecule has 0 aromatic carbocycles. The van der Waals surface area contributed by atoms with Crippen molar-refractivity contribution in [1.82, 2.24) is 4.98 Å². The molecule has 78 valence electrons. The van der Waals surface area contributed by atoms with E-state index in [1.165, 1.54) is 0 Å². The summed E-state index contributed by atoms with van der Waals surface area (Å²) in [5, 5.41) is 3.81. The van der Waals surface area contributed by atoms with E-state index in [0.717, 1.165) is 11.3 Å². The Morgan fingerprint density at radius 3 is 2.87 bits per heavy atom. The largest absolute Gasteiger partial charge is 0.380 e. The summed E-state index contributed by atoms with van der Waals surface area (Å²) in [5.41, 5.74) is 1.95. The summed E-state index contributed by atoms with van der Waals surface area (Å²) in [4.78, 5) is 3.97. The molecule has 1 aromatic heterocycles. The first-order valence-corrected chi connectivity index (χ1v) is 4.92. The van der Waals surface area contributed by atoms with Crippen LogP contribution < -0.4 is 5.32 Å². The van der Waals surface area contributed by atoms with Crippen LogP contribution in [0.4, 0.5) is 5.69 Å². The Bertz CT molecular complexity index is 383. The fourth-order valence-electron chi connectivity index (χ4n) is 1.06. The third-order valence-electron chi connectivity index (χ3n) is 1.80. The molecule has 1 N–H and O–H groups in total. The molecule has 0 aliphatic rings. The zero-order chi connectivity index (χ0) is 11.1. The molecular weight excluding hydrogens is 208 g/mol. The van der Waals surface area contributed by atoms with Gasteiger partial charge in [-0.15, -0.1) is 0 Å². The highest BCUT2D eigenvalue weighted by Crippen LogP contribution is 2.13. The van der Waals surface area contributed by atoms with Crippen molar-refractivity contribution in [3.05, 3.63) is 60.4 Å². The molecular formula is C12H13ClN2. The van der Waals surface area contributed by atoms with E-state index >= 15 is 0 Å². The fourth-order valence-corrected chi connectivity index (χ4v) is 1.24. The minimum absolute atomic E-state index is 0.618. The molecule has 0 saturated carbocycles. The fraction of sp³-hybridized carbons (Fsp3) is 0.0833. The van der Waals surface area contributed by atoms with Gasteiger partial charge in [0.15, 0.2) is 0 Å². The van der Waals surface area contributed by atoms with Crippen LogP contribution in [-0.4, -0.2) is 11.5 Å². The second-order valence-electron chi connectivity index (χ2n) is 2.93. The molecule has 1 heterocycles. The van der Waals surface area contributed by atoms with Crippen LogP contribution in [0.2, 0.25) is 5.02 Å². The van der Waals surface area contributed by atoms with Crippen molar-refractivity contribution in [2.24, 2.45) is 0 Å². The SMILES string of the molecule is C=C/C=C(\C=C)CNc1cncc(Cl)c1. The van der Waals surface area contributed by atoms with Crippen LogP contribution >= 0.6 is 11.6 Å². The van der Waals surface area contributed by atoms with Crippen molar-refractivity contribution < 1.29 is 0 Å². The molecule has 2 nitrogen and oxygen atoms in total. The van der Waals surface area contributed by atoms with Gasteiger partial charge in [-0.05, 0) is 11.6 Å². The number of hydrogen-bond donors (Lipinski definition) is 1. The summed E-state index contributed by atoms with van der Waals surface area (Å²) in [6.45, 7) is 8.02. The predicted octanol–water partition coefficient (Wildman–Crippen LogP) is 3.45. The number of anilines is 1. The molecule has 0 amide bonds. The smallest absolute Gasteiger partial charge is 0.0609 e. The highest BCUT2D eigenvalue weighted by Gasteiger charge is 1.94. The maximum Gasteiger partial charge on any atom is 0.0609 e. The van der Waals surface area contributed by atoms with Crippen molar-refractivity contribution in [1.29, 1.82) is 0 Å². The van der Waals surface area contributed by atoms with Crippen LogP contribution in [0.1, 0.15) is 0 Å². The first kappa shape index (κ1) is 11.5. The molecule has 0 fully saturated rings. The Labute approximate surface area is 95.0 Å². The lowest BCUT2D eigenvalue weighted by Gasteiger charge is -2.06. The van der Waals surface area contributed by atoms with Gasteiger partial charge in [0.1, 0.15) is 0 Å². The number of rotatable bonds is 5. The van der Waals surface area contributed by atoms with E-state index in [2.05, 4.69) is 23.5 Å². The van der Waals surface area contributed by atoms with Crippen LogP contribution in [0.25, 0.3) is 0 Å². The third kappa shape index (κ3) is 4.00. The minimum Gasteiger partial charge on any atom is -0.380 e. The van der Waals surface area contributed by atoms with Gasteiger partial charge in [-0.2, -0.15) is 0 Å². The van der Waals surface area contributed by atoms with Crippen LogP contribution in [0.15, 0.2) is 55.4 Å². The van der Waals surface area contributed by atoms with Gasteiger partial charge in [-0.1, -0.05) is 43.0 Å². The molecule has 0 aliphatic heterocycles. The zero-order valence-corrected chi connectivity index (χ0v) is 9.17. The number of nitrogens with zero attached hydrogens (tertiary/aromatic N) is 1. The van der Waals surface area contributed by atoms with Gasteiger partial charge in [-0.3, -0.25) is 4.98 Å². The molecule has 0 spiro atoms. The number of pyridine rings is 1. The Morgan fingerprint density at radius 1 is 1.47 bits per heavy atom. The highest BCUT2D eigenvalue weighted by molar-refractivity contribution is 6.30. The van der Waals surface area contributed by atoms with Crippen molar-refractivity contribution in [3.8, 4) is 0 Å². The lowest BCUT2D eigenvalue weighted by atomic mass is 10.2. The number of hydrogen-bond acceptors (Lipinski definition) is 2. The molecule has 0 unspecified atom stereocenters. The standard InChI is InChI=1S/C12H13ClN2/c1-3-5-10(4-2)7-15-12-6-11(13)8-14-9-12/h3-6,8-9,15H,1-2,7H2/b10-5+. The molecule has 0 atom stereocenters. The van der Waals surface area contributed by atoms with Crippen molar-refractivity contribution in [3.63, 3.8) is 0 Å². The van der Waals surface area contributed by atoms with Crippen molar-refractivity contribution in [2.45, 2.75) is 0 Å². The number of halogens is 1. The van der Waals surface area contributed by atoms with E-state index in [-0.39, 0.29) is 0 Å². The Kier molecular flexibility index (Phi) is 4.64. The molecule has 1 rings (SSSR count). The van der Waals surface area contributed by atoms with Gasteiger partial charge in [0.25, 0.3) is 0 Å². The summed E-state index contributed by atoms with van der Waals surface area (Å²) in [6.07, 6.45) is 8.74. The summed E-state index contributed by atoms with van der Waals surface area (Å²) in [7, 11) is 0. The molecule has 0 radical (unpaired) electrons. The van der Waals surface area contributed by atoms with Crippen molar-refractivity contribution in [2.75, 3.05) is 11.9 Å². The van der Waals surface area contributed by atoms with Crippen LogP contribution in [-0.2, 0) is 0 Å². The first-order chi connectivity index (χ1) is 7.26.